The normalized spacial score (nSPS) is 12.4. The summed E-state index contributed by atoms with van der Waals surface area (Å²) in [6.07, 6.45) is 0. The number of carbonyl (C=O) groups is 1. The number of hydrogen-bond donors (Lipinski definition) is 0. The molecule has 3 heteroatoms. The van der Waals surface area contributed by atoms with Crippen LogP contribution in [0.1, 0.15) is 22.8 Å². The van der Waals surface area contributed by atoms with E-state index in [1.54, 1.807) is 18.9 Å². The van der Waals surface area contributed by atoms with Crippen molar-refractivity contribution in [1.29, 1.82) is 0 Å². The molecule has 0 bridgehead atoms. The summed E-state index contributed by atoms with van der Waals surface area (Å²) < 4.78 is 4.96. The number of aryl methyl sites for hydroxylation is 1. The third kappa shape index (κ3) is 3.99. The van der Waals surface area contributed by atoms with Crippen LogP contribution in [0.4, 0.5) is 0 Å². The lowest BCUT2D eigenvalue weighted by molar-refractivity contribution is 0.0994. The lowest BCUT2D eigenvalue weighted by atomic mass is 10.1. The number of Topliss-reactive ketones (excluding diaryl/α,β-unsaturated/α-hetero) is 1. The van der Waals surface area contributed by atoms with Crippen molar-refractivity contribution in [1.82, 2.24) is 0 Å². The van der Waals surface area contributed by atoms with Gasteiger partial charge in [0, 0.05) is 18.4 Å². The molecule has 1 atom stereocenters. The Morgan fingerprint density at radius 2 is 2.00 bits per heavy atom. The maximum atomic E-state index is 12.0. The second kappa shape index (κ2) is 6.71. The average Bonchev–Trinajstić information content (AvgIpc) is 2.29. The summed E-state index contributed by atoms with van der Waals surface area (Å²) in [7, 11) is 1.67. The standard InChI is InChI=1S/C13H18O2S/c1-10-4-6-12(7-5-10)13(14)11(2)16-9-8-15-3/h4-7,11H,8-9H2,1-3H3. The van der Waals surface area contributed by atoms with E-state index in [-0.39, 0.29) is 11.0 Å². The molecule has 0 saturated heterocycles. The lowest BCUT2D eigenvalue weighted by Crippen LogP contribution is -2.14. The lowest BCUT2D eigenvalue weighted by Gasteiger charge is -2.10. The van der Waals surface area contributed by atoms with Crippen molar-refractivity contribution in [2.75, 3.05) is 19.5 Å². The van der Waals surface area contributed by atoms with E-state index in [0.717, 1.165) is 11.3 Å². The third-order valence-corrected chi connectivity index (χ3v) is 3.48. The van der Waals surface area contributed by atoms with E-state index in [1.807, 2.05) is 38.1 Å². The quantitative estimate of drug-likeness (QED) is 0.563. The minimum Gasteiger partial charge on any atom is -0.384 e. The molecule has 0 spiro atoms. The van der Waals surface area contributed by atoms with E-state index in [0.29, 0.717) is 6.61 Å². The fourth-order valence-corrected chi connectivity index (χ4v) is 2.24. The van der Waals surface area contributed by atoms with Gasteiger partial charge in [0.1, 0.15) is 0 Å². The molecule has 1 aromatic rings. The number of methoxy groups -OCH3 is 1. The first-order chi connectivity index (χ1) is 7.65. The van der Waals surface area contributed by atoms with E-state index in [9.17, 15) is 4.79 Å². The first-order valence-corrected chi connectivity index (χ1v) is 6.41. The molecule has 0 amide bonds. The highest BCUT2D eigenvalue weighted by molar-refractivity contribution is 8.00. The molecule has 0 aliphatic rings. The smallest absolute Gasteiger partial charge is 0.175 e. The van der Waals surface area contributed by atoms with Crippen molar-refractivity contribution in [3.63, 3.8) is 0 Å². The van der Waals surface area contributed by atoms with Gasteiger partial charge in [-0.05, 0) is 13.8 Å². The maximum absolute atomic E-state index is 12.0. The van der Waals surface area contributed by atoms with Crippen molar-refractivity contribution >= 4 is 17.5 Å². The van der Waals surface area contributed by atoms with Crippen LogP contribution in [0.2, 0.25) is 0 Å². The molecule has 1 rings (SSSR count). The van der Waals surface area contributed by atoms with Crippen LogP contribution in [-0.2, 0) is 4.74 Å². The first kappa shape index (κ1) is 13.3. The maximum Gasteiger partial charge on any atom is 0.175 e. The van der Waals surface area contributed by atoms with Gasteiger partial charge in [-0.15, -0.1) is 11.8 Å². The Kier molecular flexibility index (Phi) is 5.56. The van der Waals surface area contributed by atoms with Crippen molar-refractivity contribution in [2.45, 2.75) is 19.1 Å². The van der Waals surface area contributed by atoms with Crippen LogP contribution < -0.4 is 0 Å². The number of rotatable bonds is 6. The molecule has 2 nitrogen and oxygen atoms in total. The Hall–Kier alpha value is -0.800. The predicted molar refractivity (Wildman–Crippen MR) is 69.3 cm³/mol. The molecule has 0 fully saturated rings. The van der Waals surface area contributed by atoms with Gasteiger partial charge in [-0.3, -0.25) is 4.79 Å². The third-order valence-electron chi connectivity index (χ3n) is 2.36. The zero-order valence-electron chi connectivity index (χ0n) is 10.0. The van der Waals surface area contributed by atoms with Crippen molar-refractivity contribution < 1.29 is 9.53 Å². The van der Waals surface area contributed by atoms with Crippen LogP contribution in [0.25, 0.3) is 0 Å². The Bertz CT molecular complexity index is 332. The summed E-state index contributed by atoms with van der Waals surface area (Å²) in [4.78, 5) is 12.0. The monoisotopic (exact) mass is 238 g/mol. The molecule has 0 aliphatic carbocycles. The number of ketones is 1. The van der Waals surface area contributed by atoms with Gasteiger partial charge >= 0.3 is 0 Å². The van der Waals surface area contributed by atoms with E-state index in [4.69, 9.17) is 4.74 Å². The second-order valence-electron chi connectivity index (χ2n) is 3.74. The van der Waals surface area contributed by atoms with Gasteiger partial charge in [0.05, 0.1) is 11.9 Å². The molecule has 1 unspecified atom stereocenters. The Morgan fingerprint density at radius 3 is 2.56 bits per heavy atom. The van der Waals surface area contributed by atoms with Gasteiger partial charge in [-0.25, -0.2) is 0 Å². The van der Waals surface area contributed by atoms with E-state index >= 15 is 0 Å². The van der Waals surface area contributed by atoms with Gasteiger partial charge in [-0.2, -0.15) is 0 Å². The number of hydrogen-bond acceptors (Lipinski definition) is 3. The number of thioether (sulfide) groups is 1. The van der Waals surface area contributed by atoms with Crippen LogP contribution in [0.15, 0.2) is 24.3 Å². The molecule has 88 valence electrons. The second-order valence-corrected chi connectivity index (χ2v) is 5.18. The Morgan fingerprint density at radius 1 is 1.38 bits per heavy atom. The molecule has 0 heterocycles. The summed E-state index contributed by atoms with van der Waals surface area (Å²) in [5.41, 5.74) is 1.97. The SMILES string of the molecule is COCCSC(C)C(=O)c1ccc(C)cc1. The van der Waals surface area contributed by atoms with Crippen molar-refractivity contribution in [3.8, 4) is 0 Å². The highest BCUT2D eigenvalue weighted by atomic mass is 32.2. The minimum atomic E-state index is -0.00199. The number of carbonyl (C=O) groups excluding carboxylic acids is 1. The summed E-state index contributed by atoms with van der Waals surface area (Å²) in [5, 5.41) is -0.00199. The van der Waals surface area contributed by atoms with Gasteiger partial charge < -0.3 is 4.74 Å². The molecule has 0 N–H and O–H groups in total. The summed E-state index contributed by atoms with van der Waals surface area (Å²) in [6, 6.07) is 7.73. The summed E-state index contributed by atoms with van der Waals surface area (Å²) in [6.45, 7) is 4.66. The molecule has 0 aliphatic heterocycles. The molecular weight excluding hydrogens is 220 g/mol. The fraction of sp³-hybridized carbons (Fsp3) is 0.462. The molecule has 0 radical (unpaired) electrons. The number of benzene rings is 1. The molecular formula is C13H18O2S. The van der Waals surface area contributed by atoms with Gasteiger partial charge in [0.25, 0.3) is 0 Å². The van der Waals surface area contributed by atoms with Gasteiger partial charge in [0.15, 0.2) is 5.78 Å². The summed E-state index contributed by atoms with van der Waals surface area (Å²) >= 11 is 1.63. The molecule has 1 aromatic carbocycles. The van der Waals surface area contributed by atoms with Crippen LogP contribution in [0.5, 0.6) is 0 Å². The van der Waals surface area contributed by atoms with Crippen LogP contribution in [0, 0.1) is 6.92 Å². The van der Waals surface area contributed by atoms with Crippen LogP contribution in [0.3, 0.4) is 0 Å². The first-order valence-electron chi connectivity index (χ1n) is 5.36. The highest BCUT2D eigenvalue weighted by Crippen LogP contribution is 2.16. The zero-order valence-corrected chi connectivity index (χ0v) is 10.8. The molecule has 0 saturated carbocycles. The highest BCUT2D eigenvalue weighted by Gasteiger charge is 2.14. The van der Waals surface area contributed by atoms with Gasteiger partial charge in [0.2, 0.25) is 0 Å². The fourth-order valence-electron chi connectivity index (χ4n) is 1.34. The predicted octanol–water partition coefficient (Wildman–Crippen LogP) is 2.95. The van der Waals surface area contributed by atoms with Crippen molar-refractivity contribution in [3.05, 3.63) is 35.4 Å². The summed E-state index contributed by atoms with van der Waals surface area (Å²) in [5.74, 6) is 1.05. The average molecular weight is 238 g/mol. The van der Waals surface area contributed by atoms with E-state index in [2.05, 4.69) is 0 Å². The van der Waals surface area contributed by atoms with Gasteiger partial charge in [-0.1, -0.05) is 29.8 Å². The molecule has 0 aromatic heterocycles. The number of ether oxygens (including phenoxy) is 1. The van der Waals surface area contributed by atoms with E-state index < -0.39 is 0 Å². The Labute approximate surface area is 101 Å². The zero-order chi connectivity index (χ0) is 12.0. The van der Waals surface area contributed by atoms with Crippen LogP contribution >= 0.6 is 11.8 Å². The largest absolute Gasteiger partial charge is 0.384 e. The van der Waals surface area contributed by atoms with Crippen LogP contribution in [-0.4, -0.2) is 30.5 Å². The minimum absolute atomic E-state index is 0.00199. The topological polar surface area (TPSA) is 26.3 Å². The van der Waals surface area contributed by atoms with Crippen molar-refractivity contribution in [2.24, 2.45) is 0 Å². The van der Waals surface area contributed by atoms with E-state index in [1.165, 1.54) is 5.56 Å². The Balaban J connectivity index is 2.53. The molecule has 16 heavy (non-hydrogen) atoms.